The molecule has 0 radical (unpaired) electrons. The summed E-state index contributed by atoms with van der Waals surface area (Å²) in [4.78, 5) is 5.84. The fraction of sp³-hybridized carbons (Fsp3) is 0.357. The quantitative estimate of drug-likeness (QED) is 0.677. The van der Waals surface area contributed by atoms with E-state index in [4.69, 9.17) is 5.26 Å². The predicted octanol–water partition coefficient (Wildman–Crippen LogP) is 0.419. The van der Waals surface area contributed by atoms with Gasteiger partial charge in [-0.15, -0.1) is 10.2 Å². The number of hydrogen-bond acceptors (Lipinski definition) is 8. The van der Waals surface area contributed by atoms with Crippen LogP contribution < -0.4 is 0 Å². The molecule has 3 aromatic rings. The molecule has 122 valence electrons. The van der Waals surface area contributed by atoms with E-state index >= 15 is 0 Å². The summed E-state index contributed by atoms with van der Waals surface area (Å²) >= 11 is -2.45. The van der Waals surface area contributed by atoms with Crippen molar-refractivity contribution in [2.75, 3.05) is 13.1 Å². The number of aromatic amines is 1. The first kappa shape index (κ1) is 15.1. The number of nitrogens with one attached hydrogen (secondary N) is 1. The van der Waals surface area contributed by atoms with E-state index in [1.165, 1.54) is 0 Å². The van der Waals surface area contributed by atoms with Crippen molar-refractivity contribution >= 4 is 33.0 Å². The van der Waals surface area contributed by atoms with Crippen molar-refractivity contribution in [2.45, 2.75) is 17.7 Å². The molecule has 0 spiro atoms. The number of fused-ring (bicyclic) bond motifs is 3. The van der Waals surface area contributed by atoms with Crippen molar-refractivity contribution in [1.29, 1.82) is 5.26 Å². The molecule has 9 nitrogen and oxygen atoms in total. The third kappa shape index (κ3) is 2.34. The minimum Gasteiger partial charge on any atom is -0.770 e. The molecular weight excluding hydrogens is 330 g/mol. The van der Waals surface area contributed by atoms with Crippen LogP contribution >= 0.6 is 0 Å². The molecule has 3 unspecified atom stereocenters. The summed E-state index contributed by atoms with van der Waals surface area (Å²) in [6, 6.07) is 3.71. The van der Waals surface area contributed by atoms with Gasteiger partial charge in [0.15, 0.2) is 11.0 Å². The number of aromatic nitrogens is 5. The Balaban J connectivity index is 1.77. The van der Waals surface area contributed by atoms with E-state index in [0.717, 1.165) is 22.9 Å². The van der Waals surface area contributed by atoms with Gasteiger partial charge in [-0.25, -0.2) is 4.98 Å². The minimum absolute atomic E-state index is 0.0305. The Labute approximate surface area is 139 Å². The molecule has 0 aromatic carbocycles. The van der Waals surface area contributed by atoms with Crippen LogP contribution in [0.15, 0.2) is 18.5 Å². The van der Waals surface area contributed by atoms with E-state index in [1.54, 1.807) is 17.3 Å². The summed E-state index contributed by atoms with van der Waals surface area (Å²) in [6.07, 6.45) is 4.01. The molecule has 4 rings (SSSR count). The maximum atomic E-state index is 11.2. The van der Waals surface area contributed by atoms with Crippen LogP contribution in [0.1, 0.15) is 18.0 Å². The van der Waals surface area contributed by atoms with Crippen LogP contribution in [0.4, 0.5) is 0 Å². The molecule has 24 heavy (non-hydrogen) atoms. The summed E-state index contributed by atoms with van der Waals surface area (Å²) in [5, 5.41) is 25.1. The largest absolute Gasteiger partial charge is 0.770 e. The first-order chi connectivity index (χ1) is 11.7. The first-order valence-electron chi connectivity index (χ1n) is 7.35. The van der Waals surface area contributed by atoms with Gasteiger partial charge in [-0.05, 0) is 23.6 Å². The zero-order chi connectivity index (χ0) is 16.7. The van der Waals surface area contributed by atoms with E-state index in [-0.39, 0.29) is 5.92 Å². The number of rotatable bonds is 3. The highest BCUT2D eigenvalue weighted by molar-refractivity contribution is 7.80. The monoisotopic (exact) mass is 342 g/mol. The van der Waals surface area contributed by atoms with Gasteiger partial charge in [0.25, 0.3) is 0 Å². The van der Waals surface area contributed by atoms with Gasteiger partial charge < -0.3 is 4.55 Å². The molecule has 0 aliphatic carbocycles. The van der Waals surface area contributed by atoms with Gasteiger partial charge in [-0.1, -0.05) is 0 Å². The van der Waals surface area contributed by atoms with Crippen molar-refractivity contribution in [1.82, 2.24) is 30.3 Å². The Morgan fingerprint density at radius 3 is 3.17 bits per heavy atom. The second-order valence-electron chi connectivity index (χ2n) is 5.65. The second-order valence-corrected chi connectivity index (χ2v) is 6.62. The molecule has 10 heteroatoms. The molecule has 1 aliphatic heterocycles. The van der Waals surface area contributed by atoms with Crippen LogP contribution in [-0.2, 0) is 11.1 Å². The summed E-state index contributed by atoms with van der Waals surface area (Å²) in [5.41, 5.74) is 2.09. The minimum atomic E-state index is -2.45. The van der Waals surface area contributed by atoms with Crippen LogP contribution in [0.3, 0.4) is 0 Å². The van der Waals surface area contributed by atoms with Crippen LogP contribution in [0.25, 0.3) is 21.9 Å². The highest BCUT2D eigenvalue weighted by Crippen LogP contribution is 2.33. The Morgan fingerprint density at radius 1 is 1.50 bits per heavy atom. The van der Waals surface area contributed by atoms with Crippen LogP contribution in [0.2, 0.25) is 0 Å². The highest BCUT2D eigenvalue weighted by atomic mass is 32.2. The van der Waals surface area contributed by atoms with Gasteiger partial charge >= 0.3 is 0 Å². The van der Waals surface area contributed by atoms with Crippen LogP contribution in [-0.4, -0.2) is 57.5 Å². The Morgan fingerprint density at radius 2 is 2.38 bits per heavy atom. The summed E-state index contributed by atoms with van der Waals surface area (Å²) in [5.74, 6) is 0.0305. The van der Waals surface area contributed by atoms with Crippen molar-refractivity contribution < 1.29 is 8.76 Å². The van der Waals surface area contributed by atoms with Crippen LogP contribution in [0, 0.1) is 11.3 Å². The molecule has 0 bridgehead atoms. The molecule has 0 amide bonds. The zero-order valence-electron chi connectivity index (χ0n) is 12.4. The van der Waals surface area contributed by atoms with Crippen molar-refractivity contribution in [3.63, 3.8) is 0 Å². The maximum Gasteiger partial charge on any atom is 0.182 e. The lowest BCUT2D eigenvalue weighted by Gasteiger charge is -2.23. The predicted molar refractivity (Wildman–Crippen MR) is 84.2 cm³/mol. The SMILES string of the molecule is N#CC(N1CCC(c2[nH]ncc3nnc4nccc4c23)C1)S(=O)[O-]. The number of hydrogen-bond donors (Lipinski definition) is 1. The lowest BCUT2D eigenvalue weighted by atomic mass is 10.00. The fourth-order valence-corrected chi connectivity index (χ4v) is 3.78. The summed E-state index contributed by atoms with van der Waals surface area (Å²) < 4.78 is 22.4. The first-order valence-corrected chi connectivity index (χ1v) is 8.49. The second kappa shape index (κ2) is 5.86. The third-order valence-corrected chi connectivity index (χ3v) is 5.12. The van der Waals surface area contributed by atoms with E-state index in [2.05, 4.69) is 25.4 Å². The van der Waals surface area contributed by atoms with Gasteiger partial charge in [-0.3, -0.25) is 14.2 Å². The van der Waals surface area contributed by atoms with Crippen molar-refractivity contribution in [2.24, 2.45) is 0 Å². The van der Waals surface area contributed by atoms with Gasteiger partial charge in [0, 0.05) is 41.7 Å². The van der Waals surface area contributed by atoms with E-state index < -0.39 is 16.5 Å². The summed E-state index contributed by atoms with van der Waals surface area (Å²) in [7, 11) is 0. The number of nitriles is 1. The molecule has 1 fully saturated rings. The Kier molecular flexibility index (Phi) is 3.68. The maximum absolute atomic E-state index is 11.2. The van der Waals surface area contributed by atoms with Gasteiger partial charge in [-0.2, -0.15) is 10.4 Å². The Hall–Kier alpha value is -2.48. The Bertz CT molecular complexity index is 982. The molecule has 1 N–H and O–H groups in total. The van der Waals surface area contributed by atoms with Crippen LogP contribution in [0.5, 0.6) is 0 Å². The molecule has 4 heterocycles. The molecule has 1 saturated heterocycles. The molecule has 0 saturated carbocycles. The fourth-order valence-electron chi connectivity index (χ4n) is 3.26. The van der Waals surface area contributed by atoms with E-state index in [1.807, 2.05) is 12.1 Å². The topological polar surface area (TPSA) is 135 Å². The van der Waals surface area contributed by atoms with E-state index in [9.17, 15) is 8.76 Å². The lowest BCUT2D eigenvalue weighted by molar-refractivity contribution is 0.333. The average Bonchev–Trinajstić information content (AvgIpc) is 3.23. The third-order valence-electron chi connectivity index (χ3n) is 4.35. The lowest BCUT2D eigenvalue weighted by Crippen LogP contribution is -2.35. The number of nitrogens with zero attached hydrogens (tertiary/aromatic N) is 6. The number of likely N-dealkylation sites (tertiary alicyclic amines) is 1. The average molecular weight is 342 g/mol. The summed E-state index contributed by atoms with van der Waals surface area (Å²) in [6.45, 7) is 0.990. The smallest absolute Gasteiger partial charge is 0.182 e. The standard InChI is InChI=1S/C14H13N7O2S/c15-5-11(24(22)23)21-4-2-8(7-21)13-12-9-1-3-16-14(9)20-18-10(12)6-17-19-13/h1,3,6,8,11,19H,2,4,7H2,(H,22,23)/p-1. The van der Waals surface area contributed by atoms with Gasteiger partial charge in [0.05, 0.1) is 12.3 Å². The van der Waals surface area contributed by atoms with Gasteiger partial charge in [0.1, 0.15) is 5.52 Å². The van der Waals surface area contributed by atoms with Gasteiger partial charge in [0.2, 0.25) is 0 Å². The molecule has 1 aliphatic rings. The molecule has 3 atom stereocenters. The normalized spacial score (nSPS) is 21.1. The van der Waals surface area contributed by atoms with E-state index in [0.29, 0.717) is 24.3 Å². The molecular formula is C14H12N7O2S-. The number of H-pyrrole nitrogens is 1. The highest BCUT2D eigenvalue weighted by Gasteiger charge is 2.31. The zero-order valence-corrected chi connectivity index (χ0v) is 13.2. The van der Waals surface area contributed by atoms with Crippen molar-refractivity contribution in [3.05, 3.63) is 24.2 Å². The molecule has 3 aromatic heterocycles. The van der Waals surface area contributed by atoms with Crippen molar-refractivity contribution in [3.8, 4) is 6.07 Å².